The first kappa shape index (κ1) is 12.9. The van der Waals surface area contributed by atoms with Gasteiger partial charge in [-0.05, 0) is 31.0 Å². The molecule has 2 heteroatoms. The van der Waals surface area contributed by atoms with Gasteiger partial charge in [0, 0.05) is 24.4 Å². The normalized spacial score (nSPS) is 10.8. The maximum atomic E-state index is 9.34. The topological polar surface area (TPSA) is 25.2 Å². The van der Waals surface area contributed by atoms with Crippen molar-refractivity contribution in [3.8, 4) is 0 Å². The van der Waals surface area contributed by atoms with Crippen LogP contribution in [-0.4, -0.2) is 9.67 Å². The number of nitrogens with zero attached hydrogens (tertiary/aromatic N) is 1. The second-order valence-corrected chi connectivity index (χ2v) is 4.79. The minimum atomic E-state index is 0.119. The molecule has 2 aromatic rings. The molecule has 0 aliphatic carbocycles. The van der Waals surface area contributed by atoms with Gasteiger partial charge >= 0.3 is 0 Å². The summed E-state index contributed by atoms with van der Waals surface area (Å²) in [5, 5.41) is 9.34. The summed E-state index contributed by atoms with van der Waals surface area (Å²) in [6.07, 6.45) is 2.02. The number of aryl methyl sites for hydroxylation is 1. The first-order valence-electron chi connectivity index (χ1n) is 6.58. The van der Waals surface area contributed by atoms with Crippen LogP contribution < -0.4 is 0 Å². The molecule has 2 nitrogen and oxygen atoms in total. The molecular weight excluding hydrogens is 222 g/mol. The fourth-order valence-electron chi connectivity index (χ4n) is 2.28. The molecule has 2 rings (SSSR count). The number of aliphatic hydroxyl groups excluding tert-OH is 1. The third kappa shape index (κ3) is 2.82. The lowest BCUT2D eigenvalue weighted by Gasteiger charge is -2.11. The summed E-state index contributed by atoms with van der Waals surface area (Å²) in [5.74, 6) is 0. The van der Waals surface area contributed by atoms with E-state index >= 15 is 0 Å². The third-order valence-corrected chi connectivity index (χ3v) is 3.28. The van der Waals surface area contributed by atoms with Crippen molar-refractivity contribution in [1.29, 1.82) is 0 Å². The SMILES string of the molecule is CCCn1c(CO)ccc1Cc1ccc(C)cc1. The Morgan fingerprint density at radius 1 is 1.00 bits per heavy atom. The molecule has 0 spiro atoms. The van der Waals surface area contributed by atoms with Crippen molar-refractivity contribution in [3.63, 3.8) is 0 Å². The predicted molar refractivity (Wildman–Crippen MR) is 74.6 cm³/mol. The molecule has 0 bridgehead atoms. The van der Waals surface area contributed by atoms with Crippen LogP contribution in [0, 0.1) is 6.92 Å². The van der Waals surface area contributed by atoms with Crippen LogP contribution in [0.15, 0.2) is 36.4 Å². The molecule has 0 fully saturated rings. The Balaban J connectivity index is 2.22. The van der Waals surface area contributed by atoms with Gasteiger partial charge < -0.3 is 9.67 Å². The van der Waals surface area contributed by atoms with Gasteiger partial charge in [-0.1, -0.05) is 36.8 Å². The Hall–Kier alpha value is -1.54. The van der Waals surface area contributed by atoms with E-state index in [0.717, 1.165) is 25.1 Å². The maximum absolute atomic E-state index is 9.34. The van der Waals surface area contributed by atoms with Crippen LogP contribution in [0.3, 0.4) is 0 Å². The fraction of sp³-hybridized carbons (Fsp3) is 0.375. The molecule has 0 saturated carbocycles. The zero-order valence-electron chi connectivity index (χ0n) is 11.2. The molecule has 0 radical (unpaired) electrons. The van der Waals surface area contributed by atoms with Gasteiger partial charge in [0.05, 0.1) is 6.61 Å². The van der Waals surface area contributed by atoms with E-state index in [0.29, 0.717) is 0 Å². The van der Waals surface area contributed by atoms with E-state index in [4.69, 9.17) is 0 Å². The van der Waals surface area contributed by atoms with Crippen LogP contribution in [0.25, 0.3) is 0 Å². The second-order valence-electron chi connectivity index (χ2n) is 4.79. The van der Waals surface area contributed by atoms with Crippen molar-refractivity contribution in [1.82, 2.24) is 4.57 Å². The van der Waals surface area contributed by atoms with Crippen molar-refractivity contribution in [2.24, 2.45) is 0 Å². The monoisotopic (exact) mass is 243 g/mol. The number of benzene rings is 1. The Bertz CT molecular complexity index is 496. The van der Waals surface area contributed by atoms with Gasteiger partial charge in [0.1, 0.15) is 0 Å². The lowest BCUT2D eigenvalue weighted by molar-refractivity contribution is 0.270. The lowest BCUT2D eigenvalue weighted by atomic mass is 10.1. The van der Waals surface area contributed by atoms with E-state index in [2.05, 4.69) is 48.7 Å². The quantitative estimate of drug-likeness (QED) is 0.856. The summed E-state index contributed by atoms with van der Waals surface area (Å²) >= 11 is 0. The number of rotatable bonds is 5. The van der Waals surface area contributed by atoms with Crippen LogP contribution in [0.1, 0.15) is 35.9 Å². The molecule has 18 heavy (non-hydrogen) atoms. The molecule has 1 aromatic heterocycles. The van der Waals surface area contributed by atoms with Gasteiger partial charge in [0.15, 0.2) is 0 Å². The third-order valence-electron chi connectivity index (χ3n) is 3.28. The van der Waals surface area contributed by atoms with Gasteiger partial charge in [-0.15, -0.1) is 0 Å². The predicted octanol–water partition coefficient (Wildman–Crippen LogP) is 3.29. The van der Waals surface area contributed by atoms with E-state index in [1.807, 2.05) is 6.07 Å². The van der Waals surface area contributed by atoms with E-state index in [-0.39, 0.29) is 6.61 Å². The van der Waals surface area contributed by atoms with Gasteiger partial charge in [-0.2, -0.15) is 0 Å². The largest absolute Gasteiger partial charge is 0.390 e. The van der Waals surface area contributed by atoms with Gasteiger partial charge in [0.2, 0.25) is 0 Å². The lowest BCUT2D eigenvalue weighted by Crippen LogP contribution is -2.07. The second kappa shape index (κ2) is 5.87. The number of aromatic nitrogens is 1. The van der Waals surface area contributed by atoms with Crippen LogP contribution in [-0.2, 0) is 19.6 Å². The van der Waals surface area contributed by atoms with E-state index in [1.54, 1.807) is 0 Å². The molecule has 0 atom stereocenters. The van der Waals surface area contributed by atoms with Crippen molar-refractivity contribution < 1.29 is 5.11 Å². The van der Waals surface area contributed by atoms with Crippen molar-refractivity contribution in [2.75, 3.05) is 0 Å². The van der Waals surface area contributed by atoms with Gasteiger partial charge in [-0.25, -0.2) is 0 Å². The Morgan fingerprint density at radius 2 is 1.67 bits per heavy atom. The van der Waals surface area contributed by atoms with Crippen molar-refractivity contribution in [3.05, 3.63) is 58.9 Å². The number of aliphatic hydroxyl groups is 1. The molecule has 0 amide bonds. The zero-order valence-corrected chi connectivity index (χ0v) is 11.2. The Kier molecular flexibility index (Phi) is 4.21. The molecule has 96 valence electrons. The molecule has 0 saturated heterocycles. The molecule has 0 aliphatic heterocycles. The first-order valence-corrected chi connectivity index (χ1v) is 6.58. The highest BCUT2D eigenvalue weighted by Crippen LogP contribution is 2.15. The zero-order chi connectivity index (χ0) is 13.0. The van der Waals surface area contributed by atoms with Crippen LogP contribution in [0.5, 0.6) is 0 Å². The Labute approximate surface area is 109 Å². The van der Waals surface area contributed by atoms with Gasteiger partial charge in [-0.3, -0.25) is 0 Å². The molecule has 0 aliphatic rings. The van der Waals surface area contributed by atoms with Crippen LogP contribution >= 0.6 is 0 Å². The maximum Gasteiger partial charge on any atom is 0.0832 e. The summed E-state index contributed by atoms with van der Waals surface area (Å²) in [6.45, 7) is 5.36. The highest BCUT2D eigenvalue weighted by atomic mass is 16.3. The van der Waals surface area contributed by atoms with E-state index in [1.165, 1.54) is 16.8 Å². The highest BCUT2D eigenvalue weighted by molar-refractivity contribution is 5.27. The van der Waals surface area contributed by atoms with Crippen molar-refractivity contribution in [2.45, 2.75) is 39.8 Å². The van der Waals surface area contributed by atoms with Crippen molar-refractivity contribution >= 4 is 0 Å². The minimum absolute atomic E-state index is 0.119. The molecular formula is C16H21NO. The Morgan fingerprint density at radius 3 is 2.28 bits per heavy atom. The highest BCUT2D eigenvalue weighted by Gasteiger charge is 2.07. The van der Waals surface area contributed by atoms with Crippen LogP contribution in [0.2, 0.25) is 0 Å². The molecule has 0 unspecified atom stereocenters. The molecule has 1 aromatic carbocycles. The first-order chi connectivity index (χ1) is 8.74. The average Bonchev–Trinajstić information content (AvgIpc) is 2.75. The van der Waals surface area contributed by atoms with Gasteiger partial charge in [0.25, 0.3) is 0 Å². The summed E-state index contributed by atoms with van der Waals surface area (Å²) in [7, 11) is 0. The number of hydrogen-bond donors (Lipinski definition) is 1. The summed E-state index contributed by atoms with van der Waals surface area (Å²) in [4.78, 5) is 0. The van der Waals surface area contributed by atoms with E-state index < -0.39 is 0 Å². The minimum Gasteiger partial charge on any atom is -0.390 e. The average molecular weight is 243 g/mol. The smallest absolute Gasteiger partial charge is 0.0832 e. The van der Waals surface area contributed by atoms with Crippen LogP contribution in [0.4, 0.5) is 0 Å². The standard InChI is InChI=1S/C16H21NO/c1-3-10-17-15(8-9-16(17)12-18)11-14-6-4-13(2)5-7-14/h4-9,18H,3,10-12H2,1-2H3. The summed E-state index contributed by atoms with van der Waals surface area (Å²) in [6, 6.07) is 12.8. The molecule has 1 heterocycles. The summed E-state index contributed by atoms with van der Waals surface area (Å²) < 4.78 is 2.24. The summed E-state index contributed by atoms with van der Waals surface area (Å²) in [5.41, 5.74) is 4.91. The molecule has 1 N–H and O–H groups in total. The fourth-order valence-corrected chi connectivity index (χ4v) is 2.28. The van der Waals surface area contributed by atoms with E-state index in [9.17, 15) is 5.11 Å². The number of hydrogen-bond acceptors (Lipinski definition) is 1.